The zero-order valence-electron chi connectivity index (χ0n) is 12.9. The highest BCUT2D eigenvalue weighted by atomic mass is 32.2. The smallest absolute Gasteiger partial charge is 0.269 e. The summed E-state index contributed by atoms with van der Waals surface area (Å²) in [4.78, 5) is 22.2. The first-order chi connectivity index (χ1) is 11.6. The van der Waals surface area contributed by atoms with Crippen molar-refractivity contribution in [3.05, 3.63) is 64.3 Å². The van der Waals surface area contributed by atoms with Crippen LogP contribution in [0.3, 0.4) is 0 Å². The summed E-state index contributed by atoms with van der Waals surface area (Å²) in [5.41, 5.74) is 2.01. The maximum Gasteiger partial charge on any atom is 0.269 e. The minimum atomic E-state index is -0.115. The minimum absolute atomic E-state index is 0.115. The number of benzene rings is 1. The fourth-order valence-electron chi connectivity index (χ4n) is 2.66. The van der Waals surface area contributed by atoms with Crippen molar-refractivity contribution in [3.63, 3.8) is 0 Å². The highest BCUT2D eigenvalue weighted by molar-refractivity contribution is 8.19. The second-order valence-corrected chi connectivity index (χ2v) is 7.45. The van der Waals surface area contributed by atoms with Gasteiger partial charge in [-0.25, -0.2) is 0 Å². The van der Waals surface area contributed by atoms with Gasteiger partial charge >= 0.3 is 0 Å². The second kappa shape index (κ2) is 5.99. The molecule has 0 radical (unpaired) electrons. The van der Waals surface area contributed by atoms with Crippen LogP contribution < -0.4 is 4.90 Å². The van der Waals surface area contributed by atoms with E-state index in [1.165, 1.54) is 16.7 Å². The Morgan fingerprint density at radius 1 is 1.17 bits per heavy atom. The maximum absolute atomic E-state index is 12.8. The van der Waals surface area contributed by atoms with Crippen LogP contribution in [0.15, 0.2) is 63.6 Å². The Morgan fingerprint density at radius 2 is 2.00 bits per heavy atom. The molecule has 2 aliphatic rings. The van der Waals surface area contributed by atoms with Gasteiger partial charge in [-0.15, -0.1) is 0 Å². The van der Waals surface area contributed by atoms with Crippen molar-refractivity contribution in [1.82, 2.24) is 9.88 Å². The third-order valence-electron chi connectivity index (χ3n) is 3.88. The van der Waals surface area contributed by atoms with E-state index < -0.39 is 0 Å². The number of carbonyl (C=O) groups excluding carboxylic acids is 1. The van der Waals surface area contributed by atoms with Crippen LogP contribution in [0.1, 0.15) is 5.56 Å². The van der Waals surface area contributed by atoms with E-state index in [0.29, 0.717) is 11.4 Å². The lowest BCUT2D eigenvalue weighted by molar-refractivity contribution is -0.122. The Bertz CT molecular complexity index is 866. The number of nitrogens with one attached hydrogen (secondary N) is 1. The topological polar surface area (TPSA) is 60.3 Å². The number of anilines is 1. The molecule has 3 heterocycles. The summed E-state index contributed by atoms with van der Waals surface area (Å²) in [6, 6.07) is 11.8. The molecule has 1 saturated heterocycles. The zero-order chi connectivity index (χ0) is 16.7. The Hall–Kier alpha value is -2.25. The van der Waals surface area contributed by atoms with Crippen molar-refractivity contribution in [2.75, 3.05) is 11.9 Å². The average Bonchev–Trinajstić information content (AvgIpc) is 3.08. The van der Waals surface area contributed by atoms with Crippen LogP contribution in [0, 0.1) is 5.41 Å². The van der Waals surface area contributed by atoms with Gasteiger partial charge in [0.15, 0.2) is 5.17 Å². The van der Waals surface area contributed by atoms with Crippen molar-refractivity contribution in [2.24, 2.45) is 0 Å². The highest BCUT2D eigenvalue weighted by Gasteiger charge is 2.38. The summed E-state index contributed by atoms with van der Waals surface area (Å²) in [7, 11) is 1.96. The monoisotopic (exact) mass is 354 g/mol. The van der Waals surface area contributed by atoms with Gasteiger partial charge in [-0.2, -0.15) is 0 Å². The molecule has 0 saturated carbocycles. The number of pyridine rings is 1. The Kier molecular flexibility index (Phi) is 3.82. The molecular weight excluding hydrogens is 340 g/mol. The molecule has 1 aromatic carbocycles. The summed E-state index contributed by atoms with van der Waals surface area (Å²) in [6.45, 7) is 0.372. The first-order valence-electron chi connectivity index (χ1n) is 7.37. The van der Waals surface area contributed by atoms with Crippen LogP contribution in [-0.4, -0.2) is 28.0 Å². The van der Waals surface area contributed by atoms with E-state index in [-0.39, 0.29) is 11.1 Å². The number of thioether (sulfide) groups is 2. The highest BCUT2D eigenvalue weighted by Crippen LogP contribution is 2.49. The molecule has 0 unspecified atom stereocenters. The molecule has 24 heavy (non-hydrogen) atoms. The lowest BCUT2D eigenvalue weighted by Crippen LogP contribution is -2.28. The Labute approximate surface area is 148 Å². The molecule has 1 N–H and O–H groups in total. The molecule has 0 bridgehead atoms. The minimum Gasteiger partial charge on any atom is -0.337 e. The summed E-state index contributed by atoms with van der Waals surface area (Å²) >= 11 is 2.81. The Morgan fingerprint density at radius 3 is 2.75 bits per heavy atom. The summed E-state index contributed by atoms with van der Waals surface area (Å²) < 4.78 is 0. The number of rotatable bonds is 2. The number of amidine groups is 1. The standard InChI is InChI=1S/C17H14N4OS2/c1-20-12-6-2-3-7-13(12)23-16(20)14-15(22)21(17(18)24-14)10-11-5-4-8-19-9-11/h2-9,18H,10H2,1H3/b16-14-,18-17?. The van der Waals surface area contributed by atoms with E-state index in [4.69, 9.17) is 5.41 Å². The van der Waals surface area contributed by atoms with E-state index in [1.54, 1.807) is 24.2 Å². The normalized spacial score (nSPS) is 20.0. The molecule has 4 rings (SSSR count). The van der Waals surface area contributed by atoms with Gasteiger partial charge < -0.3 is 4.90 Å². The SMILES string of the molecule is CN1/C(=C2/SC(=N)N(Cc3cccnc3)C2=O)Sc2ccccc21. The van der Waals surface area contributed by atoms with Crippen molar-refractivity contribution in [1.29, 1.82) is 5.41 Å². The number of nitrogens with zero attached hydrogens (tertiary/aromatic N) is 3. The third-order valence-corrected chi connectivity index (χ3v) is 6.23. The average molecular weight is 354 g/mol. The van der Waals surface area contributed by atoms with E-state index in [9.17, 15) is 4.79 Å². The second-order valence-electron chi connectivity index (χ2n) is 5.42. The fourth-order valence-corrected chi connectivity index (χ4v) is 4.87. The lowest BCUT2D eigenvalue weighted by atomic mass is 10.2. The lowest BCUT2D eigenvalue weighted by Gasteiger charge is -2.16. The van der Waals surface area contributed by atoms with Crippen LogP contribution in [0.2, 0.25) is 0 Å². The molecule has 2 aromatic rings. The van der Waals surface area contributed by atoms with E-state index >= 15 is 0 Å². The predicted molar refractivity (Wildman–Crippen MR) is 97.8 cm³/mol. The summed E-state index contributed by atoms with van der Waals surface area (Å²) in [5.74, 6) is -0.115. The van der Waals surface area contributed by atoms with E-state index in [2.05, 4.69) is 4.98 Å². The van der Waals surface area contributed by atoms with Crippen molar-refractivity contribution in [2.45, 2.75) is 11.4 Å². The van der Waals surface area contributed by atoms with Crippen molar-refractivity contribution >= 4 is 40.3 Å². The number of para-hydroxylation sites is 1. The van der Waals surface area contributed by atoms with Gasteiger partial charge in [-0.05, 0) is 35.5 Å². The van der Waals surface area contributed by atoms with Gasteiger partial charge in [-0.1, -0.05) is 30.0 Å². The fraction of sp³-hybridized carbons (Fsp3) is 0.118. The van der Waals surface area contributed by atoms with E-state index in [0.717, 1.165) is 21.2 Å². The predicted octanol–water partition coefficient (Wildman–Crippen LogP) is 3.50. The van der Waals surface area contributed by atoms with Crippen LogP contribution in [-0.2, 0) is 11.3 Å². The van der Waals surface area contributed by atoms with Gasteiger partial charge in [0.2, 0.25) is 0 Å². The number of carbonyl (C=O) groups is 1. The summed E-state index contributed by atoms with van der Waals surface area (Å²) in [5, 5.41) is 9.35. The van der Waals surface area contributed by atoms with Gasteiger partial charge in [0.1, 0.15) is 4.91 Å². The van der Waals surface area contributed by atoms with E-state index in [1.807, 2.05) is 48.3 Å². The summed E-state index contributed by atoms with van der Waals surface area (Å²) in [6.07, 6.45) is 3.42. The molecule has 1 aromatic heterocycles. The largest absolute Gasteiger partial charge is 0.337 e. The molecule has 1 amide bonds. The molecular formula is C17H14N4OS2. The van der Waals surface area contributed by atoms with Crippen LogP contribution in [0.25, 0.3) is 0 Å². The molecule has 0 atom stereocenters. The maximum atomic E-state index is 12.8. The van der Waals surface area contributed by atoms with Crippen LogP contribution in [0.5, 0.6) is 0 Å². The van der Waals surface area contributed by atoms with Crippen LogP contribution >= 0.6 is 23.5 Å². The van der Waals surface area contributed by atoms with Gasteiger partial charge in [0.05, 0.1) is 17.3 Å². The Balaban J connectivity index is 1.65. The molecule has 5 nitrogen and oxygen atoms in total. The first kappa shape index (κ1) is 15.3. The number of amides is 1. The molecule has 1 fully saturated rings. The van der Waals surface area contributed by atoms with Gasteiger partial charge in [0.25, 0.3) is 5.91 Å². The number of hydrogen-bond acceptors (Lipinski definition) is 6. The van der Waals surface area contributed by atoms with Crippen molar-refractivity contribution in [3.8, 4) is 0 Å². The quantitative estimate of drug-likeness (QED) is 0.837. The molecule has 0 aliphatic carbocycles. The van der Waals surface area contributed by atoms with Gasteiger partial charge in [0, 0.05) is 24.3 Å². The third kappa shape index (κ3) is 2.50. The van der Waals surface area contributed by atoms with Crippen LogP contribution in [0.4, 0.5) is 5.69 Å². The number of hydrogen-bond donors (Lipinski definition) is 1. The molecule has 0 spiro atoms. The molecule has 2 aliphatic heterocycles. The number of fused-ring (bicyclic) bond motifs is 1. The molecule has 120 valence electrons. The molecule has 7 heteroatoms. The first-order valence-corrected chi connectivity index (χ1v) is 9.00. The zero-order valence-corrected chi connectivity index (χ0v) is 14.5. The van der Waals surface area contributed by atoms with Crippen molar-refractivity contribution < 1.29 is 4.79 Å². The number of aromatic nitrogens is 1. The van der Waals surface area contributed by atoms with Gasteiger partial charge in [-0.3, -0.25) is 20.1 Å².